The summed E-state index contributed by atoms with van der Waals surface area (Å²) in [6.07, 6.45) is 2.00. The molecule has 1 saturated heterocycles. The lowest BCUT2D eigenvalue weighted by atomic mass is 10.1. The fourth-order valence-corrected chi connectivity index (χ4v) is 3.07. The van der Waals surface area contributed by atoms with E-state index in [9.17, 15) is 4.79 Å². The SMILES string of the molecule is CCNC(=NCC(C)Oc1ccccc1)NC1CCN(CC(=O)N(C)C)CC1. The first-order chi connectivity index (χ1) is 13.5. The number of carbonyl (C=O) groups is 1. The molecule has 1 amide bonds. The number of para-hydroxylation sites is 1. The van der Waals surface area contributed by atoms with Crippen molar-refractivity contribution in [2.45, 2.75) is 38.8 Å². The van der Waals surface area contributed by atoms with Gasteiger partial charge in [0, 0.05) is 39.8 Å². The molecule has 28 heavy (non-hydrogen) atoms. The van der Waals surface area contributed by atoms with Crippen LogP contribution in [0.2, 0.25) is 0 Å². The van der Waals surface area contributed by atoms with Crippen LogP contribution in [0, 0.1) is 0 Å². The summed E-state index contributed by atoms with van der Waals surface area (Å²) in [7, 11) is 3.61. The topological polar surface area (TPSA) is 69.2 Å². The highest BCUT2D eigenvalue weighted by Crippen LogP contribution is 2.12. The lowest BCUT2D eigenvalue weighted by Crippen LogP contribution is -2.50. The minimum absolute atomic E-state index is 0.00301. The number of aliphatic imine (C=N–C) groups is 1. The predicted molar refractivity (Wildman–Crippen MR) is 114 cm³/mol. The van der Waals surface area contributed by atoms with Crippen molar-refractivity contribution >= 4 is 11.9 Å². The largest absolute Gasteiger partial charge is 0.489 e. The Morgan fingerprint density at radius 1 is 1.29 bits per heavy atom. The van der Waals surface area contributed by atoms with Crippen LogP contribution < -0.4 is 15.4 Å². The van der Waals surface area contributed by atoms with Gasteiger partial charge >= 0.3 is 0 Å². The number of benzene rings is 1. The van der Waals surface area contributed by atoms with Crippen molar-refractivity contribution in [1.29, 1.82) is 0 Å². The molecule has 2 N–H and O–H groups in total. The minimum atomic E-state index is -0.00301. The number of nitrogens with zero attached hydrogens (tertiary/aromatic N) is 3. The van der Waals surface area contributed by atoms with E-state index in [2.05, 4.69) is 27.4 Å². The number of nitrogens with one attached hydrogen (secondary N) is 2. The number of rotatable bonds is 8. The summed E-state index contributed by atoms with van der Waals surface area (Å²) in [5.41, 5.74) is 0. The third kappa shape index (κ3) is 7.76. The Labute approximate surface area is 169 Å². The fourth-order valence-electron chi connectivity index (χ4n) is 3.07. The summed E-state index contributed by atoms with van der Waals surface area (Å²) < 4.78 is 5.90. The zero-order chi connectivity index (χ0) is 20.4. The first-order valence-corrected chi connectivity index (χ1v) is 10.2. The molecule has 1 unspecified atom stereocenters. The summed E-state index contributed by atoms with van der Waals surface area (Å²) in [5.74, 6) is 1.85. The van der Waals surface area contributed by atoms with Gasteiger partial charge < -0.3 is 20.3 Å². The van der Waals surface area contributed by atoms with Crippen molar-refractivity contribution in [2.24, 2.45) is 4.99 Å². The molecule has 2 rings (SSSR count). The number of guanidine groups is 1. The predicted octanol–water partition coefficient (Wildman–Crippen LogP) is 1.56. The molecule has 1 heterocycles. The third-order valence-electron chi connectivity index (χ3n) is 4.72. The summed E-state index contributed by atoms with van der Waals surface area (Å²) in [4.78, 5) is 20.4. The molecule has 0 saturated carbocycles. The van der Waals surface area contributed by atoms with Gasteiger partial charge in [0.1, 0.15) is 11.9 Å². The first-order valence-electron chi connectivity index (χ1n) is 10.2. The number of amides is 1. The van der Waals surface area contributed by atoms with Crippen LogP contribution in [0.15, 0.2) is 35.3 Å². The van der Waals surface area contributed by atoms with Gasteiger partial charge in [-0.15, -0.1) is 0 Å². The lowest BCUT2D eigenvalue weighted by molar-refractivity contribution is -0.130. The number of hydrogen-bond acceptors (Lipinski definition) is 4. The van der Waals surface area contributed by atoms with Crippen LogP contribution in [0.1, 0.15) is 26.7 Å². The summed E-state index contributed by atoms with van der Waals surface area (Å²) in [6.45, 7) is 7.84. The van der Waals surface area contributed by atoms with E-state index >= 15 is 0 Å². The molecule has 0 radical (unpaired) electrons. The van der Waals surface area contributed by atoms with Gasteiger partial charge in [0.15, 0.2) is 5.96 Å². The second kappa shape index (κ2) is 11.5. The van der Waals surface area contributed by atoms with E-state index in [-0.39, 0.29) is 12.0 Å². The quantitative estimate of drug-likeness (QED) is 0.522. The fraction of sp³-hybridized carbons (Fsp3) is 0.619. The maximum absolute atomic E-state index is 11.9. The molecule has 1 aliphatic rings. The Kier molecular flexibility index (Phi) is 9.07. The zero-order valence-electron chi connectivity index (χ0n) is 17.6. The van der Waals surface area contributed by atoms with Crippen molar-refractivity contribution in [1.82, 2.24) is 20.4 Å². The number of hydrogen-bond donors (Lipinski definition) is 2. The molecule has 1 atom stereocenters. The molecule has 7 nitrogen and oxygen atoms in total. The smallest absolute Gasteiger partial charge is 0.236 e. The Balaban J connectivity index is 1.79. The Morgan fingerprint density at radius 3 is 2.57 bits per heavy atom. The summed E-state index contributed by atoms with van der Waals surface area (Å²) in [6, 6.07) is 10.2. The van der Waals surface area contributed by atoms with E-state index in [4.69, 9.17) is 4.74 Å². The molecule has 0 aromatic heterocycles. The number of ether oxygens (including phenoxy) is 1. The van der Waals surface area contributed by atoms with Crippen LogP contribution in [0.4, 0.5) is 0 Å². The van der Waals surface area contributed by atoms with Gasteiger partial charge in [0.25, 0.3) is 0 Å². The standard InChI is InChI=1S/C21H35N5O2/c1-5-22-21(23-15-17(2)28-19-9-7-6-8-10-19)24-18-11-13-26(14-12-18)16-20(27)25(3)4/h6-10,17-18H,5,11-16H2,1-4H3,(H2,22,23,24). The highest BCUT2D eigenvalue weighted by molar-refractivity contribution is 5.80. The van der Waals surface area contributed by atoms with Crippen LogP contribution in [0.25, 0.3) is 0 Å². The van der Waals surface area contributed by atoms with Gasteiger partial charge in [-0.2, -0.15) is 0 Å². The molecular formula is C21H35N5O2. The molecular weight excluding hydrogens is 354 g/mol. The Bertz CT molecular complexity index is 612. The first kappa shape index (κ1) is 22.0. The van der Waals surface area contributed by atoms with Gasteiger partial charge in [-0.25, -0.2) is 4.99 Å². The van der Waals surface area contributed by atoms with E-state index in [0.29, 0.717) is 19.1 Å². The molecule has 156 valence electrons. The normalized spacial score (nSPS) is 17.1. The number of carbonyl (C=O) groups excluding carboxylic acids is 1. The van der Waals surface area contributed by atoms with E-state index in [0.717, 1.165) is 44.2 Å². The second-order valence-electron chi connectivity index (χ2n) is 7.44. The van der Waals surface area contributed by atoms with Crippen LogP contribution in [-0.4, -0.2) is 80.6 Å². The van der Waals surface area contributed by atoms with Crippen LogP contribution >= 0.6 is 0 Å². The van der Waals surface area contributed by atoms with Crippen LogP contribution in [-0.2, 0) is 4.79 Å². The van der Waals surface area contributed by atoms with E-state index in [1.807, 2.05) is 37.3 Å². The average molecular weight is 390 g/mol. The number of likely N-dealkylation sites (tertiary alicyclic amines) is 1. The lowest BCUT2D eigenvalue weighted by Gasteiger charge is -2.33. The van der Waals surface area contributed by atoms with Gasteiger partial charge in [-0.05, 0) is 38.8 Å². The average Bonchev–Trinajstić information content (AvgIpc) is 2.68. The van der Waals surface area contributed by atoms with Gasteiger partial charge in [-0.1, -0.05) is 18.2 Å². The molecule has 1 aromatic carbocycles. The van der Waals surface area contributed by atoms with E-state index < -0.39 is 0 Å². The maximum Gasteiger partial charge on any atom is 0.236 e. The highest BCUT2D eigenvalue weighted by Gasteiger charge is 2.22. The molecule has 1 aromatic rings. The van der Waals surface area contributed by atoms with Gasteiger partial charge in [-0.3, -0.25) is 9.69 Å². The number of piperidine rings is 1. The van der Waals surface area contributed by atoms with Crippen molar-refractivity contribution in [2.75, 3.05) is 46.8 Å². The van der Waals surface area contributed by atoms with Crippen molar-refractivity contribution < 1.29 is 9.53 Å². The van der Waals surface area contributed by atoms with E-state index in [1.165, 1.54) is 0 Å². The van der Waals surface area contributed by atoms with Crippen LogP contribution in [0.5, 0.6) is 5.75 Å². The molecule has 0 aliphatic carbocycles. The van der Waals surface area contributed by atoms with Crippen molar-refractivity contribution in [3.63, 3.8) is 0 Å². The van der Waals surface area contributed by atoms with Gasteiger partial charge in [0.05, 0.1) is 13.1 Å². The molecule has 0 spiro atoms. The molecule has 1 fully saturated rings. The monoisotopic (exact) mass is 389 g/mol. The summed E-state index contributed by atoms with van der Waals surface area (Å²) in [5, 5.41) is 6.85. The summed E-state index contributed by atoms with van der Waals surface area (Å²) >= 11 is 0. The highest BCUT2D eigenvalue weighted by atomic mass is 16.5. The van der Waals surface area contributed by atoms with Crippen molar-refractivity contribution in [3.05, 3.63) is 30.3 Å². The maximum atomic E-state index is 11.9. The Hall–Kier alpha value is -2.28. The van der Waals surface area contributed by atoms with E-state index in [1.54, 1.807) is 19.0 Å². The number of likely N-dealkylation sites (N-methyl/N-ethyl adjacent to an activating group) is 1. The van der Waals surface area contributed by atoms with Crippen LogP contribution in [0.3, 0.4) is 0 Å². The Morgan fingerprint density at radius 2 is 1.96 bits per heavy atom. The third-order valence-corrected chi connectivity index (χ3v) is 4.72. The molecule has 1 aliphatic heterocycles. The van der Waals surface area contributed by atoms with Gasteiger partial charge in [0.2, 0.25) is 5.91 Å². The van der Waals surface area contributed by atoms with Crippen molar-refractivity contribution in [3.8, 4) is 5.75 Å². The second-order valence-corrected chi connectivity index (χ2v) is 7.44. The zero-order valence-corrected chi connectivity index (χ0v) is 17.6. The molecule has 7 heteroatoms. The minimum Gasteiger partial charge on any atom is -0.489 e. The molecule has 0 bridgehead atoms.